The Morgan fingerprint density at radius 3 is 2.83 bits per heavy atom. The van der Waals surface area contributed by atoms with Crippen LogP contribution in [-0.2, 0) is 9.09 Å². The van der Waals surface area contributed by atoms with Crippen molar-refractivity contribution in [2.24, 2.45) is 0 Å². The summed E-state index contributed by atoms with van der Waals surface area (Å²) in [4.78, 5) is 16.7. The molecular weight excluding hydrogens is 207 g/mol. The summed E-state index contributed by atoms with van der Waals surface area (Å²) in [5.41, 5.74) is -1.21. The van der Waals surface area contributed by atoms with Crippen LogP contribution in [0.5, 0.6) is 0 Å². The highest BCUT2D eigenvalue weighted by Gasteiger charge is 2.23. The van der Waals surface area contributed by atoms with E-state index in [-0.39, 0.29) is 5.89 Å². The average Bonchev–Trinajstić information content (AvgIpc) is 2.32. The Hall–Kier alpha value is -0.400. The Kier molecular flexibility index (Phi) is 2.86. The molecule has 0 aliphatic rings. The third kappa shape index (κ3) is 2.92. The minimum absolute atomic E-state index is 0.110. The van der Waals surface area contributed by atoms with E-state index in [2.05, 4.69) is 31.8 Å². The number of thiol groups is 1. The Morgan fingerprint density at radius 2 is 2.42 bits per heavy atom. The van der Waals surface area contributed by atoms with Gasteiger partial charge < -0.3 is 14.2 Å². The van der Waals surface area contributed by atoms with Gasteiger partial charge in [0, 0.05) is 0 Å². The van der Waals surface area contributed by atoms with Gasteiger partial charge in [-0.2, -0.15) is 0 Å². The molecule has 0 radical (unpaired) electrons. The number of nitrogens with zero attached hydrogens (tertiary/aromatic N) is 2. The second kappa shape index (κ2) is 3.55. The molecule has 0 saturated carbocycles. The lowest BCUT2D eigenvalue weighted by Gasteiger charge is -2.07. The lowest BCUT2D eigenvalue weighted by Crippen LogP contribution is -1.95. The Balaban J connectivity index is 2.62. The molecule has 0 fully saturated rings. The van der Waals surface area contributed by atoms with Gasteiger partial charge >= 0.3 is 7.82 Å². The highest BCUT2D eigenvalue weighted by molar-refractivity contribution is 7.80. The lowest BCUT2D eigenvalue weighted by molar-refractivity contribution is 0.167. The molecule has 0 bridgehead atoms. The van der Waals surface area contributed by atoms with Crippen LogP contribution in [0.1, 0.15) is 11.3 Å². The van der Waals surface area contributed by atoms with Crippen molar-refractivity contribution < 1.29 is 23.3 Å². The summed E-state index contributed by atoms with van der Waals surface area (Å²) in [6.07, 6.45) is 1.00. The summed E-state index contributed by atoms with van der Waals surface area (Å²) < 4.78 is 19.0. The van der Waals surface area contributed by atoms with E-state index < -0.39 is 13.3 Å². The quantitative estimate of drug-likeness (QED) is 0.370. The minimum Gasteiger partial charge on any atom is -0.424 e. The number of rotatable bonds is 3. The number of hydrogen-bond acceptors (Lipinski definition) is 6. The molecule has 1 unspecified atom stereocenters. The van der Waals surface area contributed by atoms with Gasteiger partial charge in [0.1, 0.15) is 0 Å². The van der Waals surface area contributed by atoms with Crippen LogP contribution in [0.3, 0.4) is 0 Å². The van der Waals surface area contributed by atoms with Gasteiger partial charge in [0.25, 0.3) is 5.89 Å². The summed E-state index contributed by atoms with van der Waals surface area (Å²) in [5.74, 6) is -0.110. The zero-order chi connectivity index (χ0) is 9.19. The Labute approximate surface area is 72.4 Å². The lowest BCUT2D eigenvalue weighted by atomic mass is 10.7. The maximum Gasteiger partial charge on any atom is 0.471 e. The molecule has 0 amide bonds. The molecule has 9 heteroatoms. The zero-order valence-corrected chi connectivity index (χ0v) is 7.35. The van der Waals surface area contributed by atoms with Crippen molar-refractivity contribution in [1.82, 2.24) is 10.2 Å². The number of hydrogen-bond donors (Lipinski definition) is 3. The molecule has 1 aromatic heterocycles. The first kappa shape index (κ1) is 9.69. The van der Waals surface area contributed by atoms with E-state index in [0.29, 0.717) is 0 Å². The molecule has 2 N–H and O–H groups in total. The third-order valence-corrected chi connectivity index (χ3v) is 1.80. The number of phosphoric ester groups is 1. The molecule has 12 heavy (non-hydrogen) atoms. The van der Waals surface area contributed by atoms with Crippen LogP contribution >= 0.6 is 20.5 Å². The van der Waals surface area contributed by atoms with Gasteiger partial charge in [-0.05, 0) is 0 Å². The Bertz CT molecular complexity index is 283. The molecule has 0 aromatic carbocycles. The van der Waals surface area contributed by atoms with Crippen LogP contribution in [0.15, 0.2) is 10.8 Å². The SMILES string of the molecule is O=P(O)(O)OC(S)c1nnco1. The van der Waals surface area contributed by atoms with Crippen LogP contribution in [0.4, 0.5) is 0 Å². The summed E-state index contributed by atoms with van der Waals surface area (Å²) in [7, 11) is -4.57. The summed E-state index contributed by atoms with van der Waals surface area (Å²) >= 11 is 3.67. The van der Waals surface area contributed by atoms with Crippen molar-refractivity contribution in [2.75, 3.05) is 0 Å². The minimum atomic E-state index is -4.57. The van der Waals surface area contributed by atoms with Crippen molar-refractivity contribution in [3.05, 3.63) is 12.3 Å². The average molecular weight is 212 g/mol. The van der Waals surface area contributed by atoms with Crippen LogP contribution in [0, 0.1) is 0 Å². The third-order valence-electron chi connectivity index (χ3n) is 0.825. The molecule has 1 aromatic rings. The second-order valence-electron chi connectivity index (χ2n) is 1.73. The Morgan fingerprint density at radius 1 is 1.75 bits per heavy atom. The van der Waals surface area contributed by atoms with Crippen LogP contribution in [-0.4, -0.2) is 20.0 Å². The smallest absolute Gasteiger partial charge is 0.424 e. The largest absolute Gasteiger partial charge is 0.471 e. The summed E-state index contributed by atoms with van der Waals surface area (Å²) in [6, 6.07) is 0. The molecule has 0 spiro atoms. The predicted molar refractivity (Wildman–Crippen MR) is 39.2 cm³/mol. The van der Waals surface area contributed by atoms with Crippen LogP contribution in [0.2, 0.25) is 0 Å². The first-order chi connectivity index (χ1) is 5.49. The predicted octanol–water partition coefficient (Wildman–Crippen LogP) is 0.107. The normalized spacial score (nSPS) is 14.6. The van der Waals surface area contributed by atoms with Gasteiger partial charge in [0.05, 0.1) is 0 Å². The summed E-state index contributed by atoms with van der Waals surface area (Å²) in [6.45, 7) is 0. The van der Waals surface area contributed by atoms with E-state index in [9.17, 15) is 4.57 Å². The fraction of sp³-hybridized carbons (Fsp3) is 0.333. The highest BCUT2D eigenvalue weighted by Crippen LogP contribution is 2.43. The van der Waals surface area contributed by atoms with E-state index in [0.717, 1.165) is 6.39 Å². The van der Waals surface area contributed by atoms with Gasteiger partial charge in [-0.25, -0.2) is 4.57 Å². The van der Waals surface area contributed by atoms with Crippen molar-refractivity contribution >= 4 is 20.5 Å². The summed E-state index contributed by atoms with van der Waals surface area (Å²) in [5, 5.41) is 6.61. The van der Waals surface area contributed by atoms with E-state index in [1.165, 1.54) is 0 Å². The number of aromatic nitrogens is 2. The van der Waals surface area contributed by atoms with Crippen LogP contribution < -0.4 is 0 Å². The standard InChI is InChI=1S/C3H5N2O5PS/c6-11(7,8)10-3(12)2-5-4-1-9-2/h1,3,12H,(H2,6,7,8). The van der Waals surface area contributed by atoms with Gasteiger partial charge in [0.2, 0.25) is 6.39 Å². The van der Waals surface area contributed by atoms with Gasteiger partial charge in [-0.3, -0.25) is 4.52 Å². The van der Waals surface area contributed by atoms with E-state index >= 15 is 0 Å². The van der Waals surface area contributed by atoms with E-state index in [4.69, 9.17) is 9.79 Å². The maximum absolute atomic E-state index is 10.3. The number of phosphoric acid groups is 1. The highest BCUT2D eigenvalue weighted by atomic mass is 32.1. The fourth-order valence-electron chi connectivity index (χ4n) is 0.464. The van der Waals surface area contributed by atoms with Gasteiger partial charge in [0.15, 0.2) is 5.44 Å². The van der Waals surface area contributed by atoms with Crippen molar-refractivity contribution in [3.8, 4) is 0 Å². The molecule has 1 atom stereocenters. The maximum atomic E-state index is 10.3. The van der Waals surface area contributed by atoms with Gasteiger partial charge in [-0.1, -0.05) is 0 Å². The van der Waals surface area contributed by atoms with Crippen molar-refractivity contribution in [1.29, 1.82) is 0 Å². The second-order valence-corrected chi connectivity index (χ2v) is 3.39. The topological polar surface area (TPSA) is 106 Å². The molecule has 0 aliphatic carbocycles. The molecule has 7 nitrogen and oxygen atoms in total. The molecule has 68 valence electrons. The monoisotopic (exact) mass is 212 g/mol. The molecule has 1 heterocycles. The van der Waals surface area contributed by atoms with Gasteiger partial charge in [-0.15, -0.1) is 22.8 Å². The molecule has 0 saturated heterocycles. The van der Waals surface area contributed by atoms with E-state index in [1.807, 2.05) is 0 Å². The molecule has 0 aliphatic heterocycles. The van der Waals surface area contributed by atoms with Crippen molar-refractivity contribution in [3.63, 3.8) is 0 Å². The fourth-order valence-corrected chi connectivity index (χ4v) is 1.30. The van der Waals surface area contributed by atoms with Crippen LogP contribution in [0.25, 0.3) is 0 Å². The zero-order valence-electron chi connectivity index (χ0n) is 5.56. The molecular formula is C3H5N2O5PS. The first-order valence-corrected chi connectivity index (χ1v) is 4.72. The van der Waals surface area contributed by atoms with Crippen molar-refractivity contribution in [2.45, 2.75) is 5.44 Å². The van der Waals surface area contributed by atoms with E-state index in [1.54, 1.807) is 0 Å². The first-order valence-electron chi connectivity index (χ1n) is 2.67. The molecule has 1 rings (SSSR count).